The van der Waals surface area contributed by atoms with Crippen molar-refractivity contribution in [3.8, 4) is 34.1 Å². The fourth-order valence-electron chi connectivity index (χ4n) is 4.48. The fraction of sp³-hybridized carbons (Fsp3) is 0.481. The molecule has 4 heteroatoms. The molecule has 0 aliphatic heterocycles. The van der Waals surface area contributed by atoms with E-state index >= 15 is 0 Å². The Hall–Kier alpha value is -2.62. The number of allylic oxidation sites excluding steroid dienone is 2. The highest BCUT2D eigenvalue weighted by molar-refractivity contribution is 5.84. The minimum atomic E-state index is 0.0554. The van der Waals surface area contributed by atoms with Crippen LogP contribution in [0.1, 0.15) is 75.3 Å². The van der Waals surface area contributed by atoms with E-state index in [0.717, 1.165) is 68.9 Å². The molecule has 2 aromatic carbocycles. The van der Waals surface area contributed by atoms with E-state index in [0.29, 0.717) is 16.9 Å². The molecular weight excluding hydrogens is 388 g/mol. The lowest BCUT2D eigenvalue weighted by molar-refractivity contribution is 0.406. The molecule has 168 valence electrons. The molecule has 0 amide bonds. The molecule has 3 N–H and O–H groups in total. The van der Waals surface area contributed by atoms with Crippen molar-refractivity contribution in [1.82, 2.24) is 0 Å². The molecule has 0 saturated carbocycles. The third kappa shape index (κ3) is 6.43. The fourth-order valence-corrected chi connectivity index (χ4v) is 4.48. The zero-order chi connectivity index (χ0) is 22.1. The number of rotatable bonds is 1. The van der Waals surface area contributed by atoms with E-state index in [1.807, 2.05) is 0 Å². The van der Waals surface area contributed by atoms with Gasteiger partial charge in [-0.3, -0.25) is 0 Å². The Balaban J connectivity index is 1.94. The molecule has 0 fully saturated rings. The summed E-state index contributed by atoms with van der Waals surface area (Å²) in [6.07, 6.45) is 17.6. The van der Waals surface area contributed by atoms with Crippen LogP contribution in [0.25, 0.3) is 11.1 Å². The molecule has 0 radical (unpaired) electrons. The zero-order valence-corrected chi connectivity index (χ0v) is 18.7. The van der Waals surface area contributed by atoms with E-state index < -0.39 is 0 Å². The molecule has 2 aromatic rings. The predicted molar refractivity (Wildman–Crippen MR) is 126 cm³/mol. The highest BCUT2D eigenvalue weighted by Gasteiger charge is 2.21. The van der Waals surface area contributed by atoms with E-state index in [2.05, 4.69) is 12.2 Å². The van der Waals surface area contributed by atoms with Gasteiger partial charge in [0.25, 0.3) is 0 Å². The van der Waals surface area contributed by atoms with Crippen LogP contribution in [0.5, 0.6) is 23.0 Å². The number of aryl methyl sites for hydroxylation is 2. The van der Waals surface area contributed by atoms with Crippen molar-refractivity contribution in [3.05, 3.63) is 47.5 Å². The van der Waals surface area contributed by atoms with Crippen LogP contribution in [0.15, 0.2) is 36.4 Å². The Morgan fingerprint density at radius 1 is 0.645 bits per heavy atom. The van der Waals surface area contributed by atoms with Crippen molar-refractivity contribution >= 4 is 0 Å². The van der Waals surface area contributed by atoms with Gasteiger partial charge in [-0.2, -0.15) is 0 Å². The molecule has 0 saturated heterocycles. The van der Waals surface area contributed by atoms with Gasteiger partial charge in [0, 0.05) is 11.6 Å². The highest BCUT2D eigenvalue weighted by Crippen LogP contribution is 2.46. The van der Waals surface area contributed by atoms with Gasteiger partial charge in [0.15, 0.2) is 0 Å². The van der Waals surface area contributed by atoms with Crippen molar-refractivity contribution in [3.63, 3.8) is 0 Å². The Kier molecular flexibility index (Phi) is 8.69. The Bertz CT molecular complexity index is 862. The van der Waals surface area contributed by atoms with E-state index in [9.17, 15) is 15.3 Å². The van der Waals surface area contributed by atoms with Crippen molar-refractivity contribution in [1.29, 1.82) is 0 Å². The van der Waals surface area contributed by atoms with Gasteiger partial charge in [0.05, 0.1) is 12.7 Å². The maximum Gasteiger partial charge on any atom is 0.130 e. The monoisotopic (exact) mass is 424 g/mol. The van der Waals surface area contributed by atoms with Crippen molar-refractivity contribution in [2.75, 3.05) is 7.11 Å². The van der Waals surface area contributed by atoms with Crippen LogP contribution in [0.2, 0.25) is 0 Å². The van der Waals surface area contributed by atoms with Crippen LogP contribution in [-0.2, 0) is 12.8 Å². The number of phenolic OH excluding ortho intramolecular Hbond substituents is 3. The van der Waals surface area contributed by atoms with Gasteiger partial charge in [0.2, 0.25) is 0 Å². The third-order valence-electron chi connectivity index (χ3n) is 6.11. The van der Waals surface area contributed by atoms with Crippen LogP contribution in [0.3, 0.4) is 0 Å². The molecular formula is C27H36O4. The van der Waals surface area contributed by atoms with Crippen LogP contribution in [-0.4, -0.2) is 22.4 Å². The van der Waals surface area contributed by atoms with Crippen LogP contribution >= 0.6 is 0 Å². The van der Waals surface area contributed by atoms with Crippen molar-refractivity contribution in [2.45, 2.75) is 77.0 Å². The number of fused-ring (bicyclic) bond motifs is 14. The standard InChI is InChI=1S/C27H36O4/c1-31-25-19-22(28)18-21-15-13-11-9-7-5-3-2-4-6-8-10-12-14-20-16-23(29)27(26(21)25)24(30)17-20/h3,5,16-19,28-30H,2,4,6-15H2,1H3/b5-3+. The first kappa shape index (κ1) is 23.1. The minimum absolute atomic E-state index is 0.0554. The summed E-state index contributed by atoms with van der Waals surface area (Å²) in [4.78, 5) is 0. The van der Waals surface area contributed by atoms with Gasteiger partial charge in [-0.15, -0.1) is 0 Å². The summed E-state index contributed by atoms with van der Waals surface area (Å²) in [7, 11) is 1.54. The number of methoxy groups -OCH3 is 1. The van der Waals surface area contributed by atoms with Crippen molar-refractivity contribution in [2.24, 2.45) is 0 Å². The molecule has 4 rings (SSSR count). The van der Waals surface area contributed by atoms with Crippen LogP contribution in [0.4, 0.5) is 0 Å². The number of hydrogen-bond acceptors (Lipinski definition) is 4. The Morgan fingerprint density at radius 2 is 1.23 bits per heavy atom. The lowest BCUT2D eigenvalue weighted by Gasteiger charge is -2.18. The summed E-state index contributed by atoms with van der Waals surface area (Å²) in [5.41, 5.74) is 2.86. The number of hydrogen-bond donors (Lipinski definition) is 3. The first-order valence-corrected chi connectivity index (χ1v) is 11.7. The van der Waals surface area contributed by atoms with E-state index in [-0.39, 0.29) is 17.2 Å². The molecule has 31 heavy (non-hydrogen) atoms. The number of aromatic hydroxyl groups is 3. The summed E-state index contributed by atoms with van der Waals surface area (Å²) >= 11 is 0. The normalized spacial score (nSPS) is 17.6. The van der Waals surface area contributed by atoms with E-state index in [1.165, 1.54) is 25.3 Å². The molecule has 4 nitrogen and oxygen atoms in total. The first-order valence-electron chi connectivity index (χ1n) is 11.7. The van der Waals surface area contributed by atoms with Crippen LogP contribution < -0.4 is 4.74 Å². The Morgan fingerprint density at radius 3 is 1.90 bits per heavy atom. The average molecular weight is 425 g/mol. The lowest BCUT2D eigenvalue weighted by atomic mass is 9.91. The molecule has 2 aliphatic carbocycles. The summed E-state index contributed by atoms with van der Waals surface area (Å²) in [5.74, 6) is 0.696. The van der Waals surface area contributed by atoms with Gasteiger partial charge in [-0.05, 0) is 80.7 Å². The second-order valence-electron chi connectivity index (χ2n) is 8.57. The largest absolute Gasteiger partial charge is 0.508 e. The van der Waals surface area contributed by atoms with E-state index in [4.69, 9.17) is 4.74 Å². The lowest BCUT2D eigenvalue weighted by Crippen LogP contribution is -1.97. The summed E-state index contributed by atoms with van der Waals surface area (Å²) in [5, 5.41) is 31.9. The number of benzene rings is 2. The maximum atomic E-state index is 10.8. The molecule has 0 spiro atoms. The SMILES string of the molecule is COc1cc(O)cc2c1-c1c(O)cc(cc1O)CCCCCCC/C=C/CCCCC2. The molecule has 2 bridgehead atoms. The maximum absolute atomic E-state index is 10.8. The second-order valence-corrected chi connectivity index (χ2v) is 8.57. The minimum Gasteiger partial charge on any atom is -0.508 e. The van der Waals surface area contributed by atoms with Crippen LogP contribution in [0, 0.1) is 0 Å². The first-order chi connectivity index (χ1) is 15.1. The summed E-state index contributed by atoms with van der Waals surface area (Å²) in [6.45, 7) is 0. The van der Waals surface area contributed by atoms with Gasteiger partial charge >= 0.3 is 0 Å². The quantitative estimate of drug-likeness (QED) is 0.430. The molecule has 2 aliphatic rings. The summed E-state index contributed by atoms with van der Waals surface area (Å²) < 4.78 is 5.53. The number of phenols is 3. The molecule has 0 heterocycles. The Labute approximate surface area is 186 Å². The second kappa shape index (κ2) is 11.7. The van der Waals surface area contributed by atoms with Gasteiger partial charge in [-0.1, -0.05) is 37.8 Å². The molecule has 0 atom stereocenters. The molecule has 0 aromatic heterocycles. The van der Waals surface area contributed by atoms with E-state index in [1.54, 1.807) is 25.3 Å². The van der Waals surface area contributed by atoms with Crippen molar-refractivity contribution < 1.29 is 20.1 Å². The van der Waals surface area contributed by atoms with Gasteiger partial charge in [0.1, 0.15) is 23.0 Å². The van der Waals surface area contributed by atoms with Gasteiger partial charge in [-0.25, -0.2) is 0 Å². The smallest absolute Gasteiger partial charge is 0.130 e. The zero-order valence-electron chi connectivity index (χ0n) is 18.7. The number of ether oxygens (including phenoxy) is 1. The predicted octanol–water partition coefficient (Wildman–Crippen LogP) is 7.03. The average Bonchev–Trinajstić information content (AvgIpc) is 2.73. The highest BCUT2D eigenvalue weighted by atomic mass is 16.5. The third-order valence-corrected chi connectivity index (χ3v) is 6.11. The topological polar surface area (TPSA) is 69.9 Å². The van der Waals surface area contributed by atoms with Gasteiger partial charge < -0.3 is 20.1 Å². The summed E-state index contributed by atoms with van der Waals surface area (Å²) in [6, 6.07) is 6.77. The molecule has 0 unspecified atom stereocenters.